The number of anilines is 2. The summed E-state index contributed by atoms with van der Waals surface area (Å²) in [5, 5.41) is 13.4. The van der Waals surface area contributed by atoms with Gasteiger partial charge in [-0.1, -0.05) is 6.07 Å². The van der Waals surface area contributed by atoms with Crippen molar-refractivity contribution in [3.63, 3.8) is 0 Å². The molecule has 0 fully saturated rings. The van der Waals surface area contributed by atoms with Gasteiger partial charge in [-0.3, -0.25) is 19.2 Å². The lowest BCUT2D eigenvalue weighted by Crippen LogP contribution is -2.29. The van der Waals surface area contributed by atoms with Crippen molar-refractivity contribution >= 4 is 33.0 Å². The van der Waals surface area contributed by atoms with Gasteiger partial charge in [-0.15, -0.1) is 0 Å². The predicted octanol–water partition coefficient (Wildman–Crippen LogP) is 2.71. The van der Waals surface area contributed by atoms with Crippen molar-refractivity contribution in [1.29, 1.82) is 0 Å². The number of nitro groups is 1. The summed E-state index contributed by atoms with van der Waals surface area (Å²) in [5.41, 5.74) is 1.39. The molecular formula is C18H21N3O6S. The van der Waals surface area contributed by atoms with Crippen molar-refractivity contribution in [2.45, 2.75) is 13.8 Å². The average Bonchev–Trinajstić information content (AvgIpc) is 2.62. The molecule has 0 unspecified atom stereocenters. The molecule has 0 aliphatic carbocycles. The highest BCUT2D eigenvalue weighted by molar-refractivity contribution is 7.92. The third-order valence-electron chi connectivity index (χ3n) is 3.89. The zero-order chi connectivity index (χ0) is 20.9. The fourth-order valence-electron chi connectivity index (χ4n) is 2.51. The SMILES string of the molecule is CCN(c1ccc(OCC(=O)Nc2cc([N+](=O)[O-])ccc2C)cc1)S(C)(=O)=O. The van der Waals surface area contributed by atoms with Gasteiger partial charge < -0.3 is 10.1 Å². The number of nitrogens with one attached hydrogen (secondary N) is 1. The quantitative estimate of drug-likeness (QED) is 0.531. The summed E-state index contributed by atoms with van der Waals surface area (Å²) in [6.45, 7) is 3.45. The Bertz CT molecular complexity index is 973. The minimum absolute atomic E-state index is 0.122. The standard InChI is InChI=1S/C18H21N3O6S/c1-4-20(28(3,25)26)14-7-9-16(10-8-14)27-12-18(22)19-17-11-15(21(23)24)6-5-13(17)2/h5-11H,4,12H2,1-3H3,(H,19,22). The third-order valence-corrected chi connectivity index (χ3v) is 5.16. The number of ether oxygens (including phenoxy) is 1. The van der Waals surface area contributed by atoms with Crippen LogP contribution in [0.5, 0.6) is 5.75 Å². The van der Waals surface area contributed by atoms with Crippen LogP contribution in [0.4, 0.5) is 17.1 Å². The first kappa shape index (κ1) is 21.2. The van der Waals surface area contributed by atoms with Crippen molar-refractivity contribution in [3.8, 4) is 5.75 Å². The molecule has 0 aliphatic rings. The van der Waals surface area contributed by atoms with E-state index in [2.05, 4.69) is 5.32 Å². The molecule has 1 N–H and O–H groups in total. The Balaban J connectivity index is 2.00. The van der Waals surface area contributed by atoms with Gasteiger partial charge in [0, 0.05) is 18.7 Å². The van der Waals surface area contributed by atoms with Crippen LogP contribution in [0.15, 0.2) is 42.5 Å². The molecule has 0 aromatic heterocycles. The number of sulfonamides is 1. The fourth-order valence-corrected chi connectivity index (χ4v) is 3.48. The second-order valence-electron chi connectivity index (χ2n) is 6.01. The number of nitrogens with zero attached hydrogens (tertiary/aromatic N) is 2. The van der Waals surface area contributed by atoms with E-state index in [1.807, 2.05) is 0 Å². The minimum atomic E-state index is -3.37. The molecule has 0 bridgehead atoms. The molecule has 2 rings (SSSR count). The summed E-state index contributed by atoms with van der Waals surface area (Å²) in [7, 11) is -3.37. The largest absolute Gasteiger partial charge is 0.484 e. The number of benzene rings is 2. The lowest BCUT2D eigenvalue weighted by atomic mass is 10.2. The lowest BCUT2D eigenvalue weighted by Gasteiger charge is -2.20. The summed E-state index contributed by atoms with van der Waals surface area (Å²) < 4.78 is 30.1. The van der Waals surface area contributed by atoms with Crippen molar-refractivity contribution in [3.05, 3.63) is 58.1 Å². The van der Waals surface area contributed by atoms with Crippen molar-refractivity contribution in [2.24, 2.45) is 0 Å². The van der Waals surface area contributed by atoms with Crippen LogP contribution >= 0.6 is 0 Å². The van der Waals surface area contributed by atoms with Gasteiger partial charge in [0.25, 0.3) is 11.6 Å². The first-order valence-electron chi connectivity index (χ1n) is 8.37. The van der Waals surface area contributed by atoms with E-state index in [1.54, 1.807) is 44.2 Å². The van der Waals surface area contributed by atoms with Crippen molar-refractivity contribution in [2.75, 3.05) is 29.0 Å². The minimum Gasteiger partial charge on any atom is -0.484 e. The maximum Gasteiger partial charge on any atom is 0.271 e. The number of rotatable bonds is 8. The second-order valence-corrected chi connectivity index (χ2v) is 7.92. The molecular weight excluding hydrogens is 386 g/mol. The highest BCUT2D eigenvalue weighted by atomic mass is 32.2. The maximum atomic E-state index is 12.1. The molecule has 0 radical (unpaired) electrons. The molecule has 1 amide bonds. The summed E-state index contributed by atoms with van der Waals surface area (Å²) in [5.74, 6) is -0.0850. The summed E-state index contributed by atoms with van der Waals surface area (Å²) in [4.78, 5) is 22.4. The average molecular weight is 407 g/mol. The molecule has 0 spiro atoms. The molecule has 0 atom stereocenters. The first-order chi connectivity index (χ1) is 13.1. The van der Waals surface area contributed by atoms with E-state index in [-0.39, 0.29) is 12.3 Å². The molecule has 150 valence electrons. The predicted molar refractivity (Wildman–Crippen MR) is 106 cm³/mol. The normalized spacial score (nSPS) is 11.0. The topological polar surface area (TPSA) is 119 Å². The van der Waals surface area contributed by atoms with Gasteiger partial charge in [0.15, 0.2) is 6.61 Å². The number of nitro benzene ring substituents is 1. The monoisotopic (exact) mass is 407 g/mol. The van der Waals surface area contributed by atoms with E-state index >= 15 is 0 Å². The molecule has 0 heterocycles. The van der Waals surface area contributed by atoms with Gasteiger partial charge >= 0.3 is 0 Å². The zero-order valence-electron chi connectivity index (χ0n) is 15.7. The summed E-state index contributed by atoms with van der Waals surface area (Å²) >= 11 is 0. The van der Waals surface area contributed by atoms with E-state index in [9.17, 15) is 23.3 Å². The molecule has 9 nitrogen and oxygen atoms in total. The van der Waals surface area contributed by atoms with E-state index in [4.69, 9.17) is 4.74 Å². The molecule has 2 aromatic rings. The number of carbonyl (C=O) groups excluding carboxylic acids is 1. The van der Waals surface area contributed by atoms with Crippen LogP contribution in [0.3, 0.4) is 0 Å². The summed E-state index contributed by atoms with van der Waals surface area (Å²) in [6, 6.07) is 10.5. The molecule has 10 heteroatoms. The Labute approximate surface area is 163 Å². The highest BCUT2D eigenvalue weighted by Gasteiger charge is 2.15. The van der Waals surface area contributed by atoms with Gasteiger partial charge in [0.05, 0.1) is 22.6 Å². The summed E-state index contributed by atoms with van der Waals surface area (Å²) in [6.07, 6.45) is 1.13. The second kappa shape index (κ2) is 8.70. The van der Waals surface area contributed by atoms with E-state index in [0.29, 0.717) is 29.2 Å². The Morgan fingerprint density at radius 2 is 1.86 bits per heavy atom. The zero-order valence-corrected chi connectivity index (χ0v) is 16.5. The first-order valence-corrected chi connectivity index (χ1v) is 10.2. The van der Waals surface area contributed by atoms with Crippen molar-refractivity contribution in [1.82, 2.24) is 0 Å². The molecule has 2 aromatic carbocycles. The number of carbonyl (C=O) groups is 1. The molecule has 0 saturated carbocycles. The van der Waals surface area contributed by atoms with Crippen LogP contribution in [0.1, 0.15) is 12.5 Å². The Hall–Kier alpha value is -3.14. The third kappa shape index (κ3) is 5.43. The highest BCUT2D eigenvalue weighted by Crippen LogP contribution is 2.23. The number of amides is 1. The van der Waals surface area contributed by atoms with Crippen LogP contribution in [-0.2, 0) is 14.8 Å². The smallest absolute Gasteiger partial charge is 0.271 e. The Morgan fingerprint density at radius 1 is 1.21 bits per heavy atom. The Kier molecular flexibility index (Phi) is 6.57. The molecule has 28 heavy (non-hydrogen) atoms. The van der Waals surface area contributed by atoms with E-state index in [0.717, 1.165) is 6.26 Å². The van der Waals surface area contributed by atoms with Gasteiger partial charge in [-0.05, 0) is 43.7 Å². The number of non-ortho nitro benzene ring substituents is 1. The van der Waals surface area contributed by atoms with Gasteiger partial charge in [0.1, 0.15) is 5.75 Å². The lowest BCUT2D eigenvalue weighted by molar-refractivity contribution is -0.384. The maximum absolute atomic E-state index is 12.1. The fraction of sp³-hybridized carbons (Fsp3) is 0.278. The van der Waals surface area contributed by atoms with E-state index < -0.39 is 20.9 Å². The van der Waals surface area contributed by atoms with Crippen LogP contribution in [0.2, 0.25) is 0 Å². The Morgan fingerprint density at radius 3 is 2.39 bits per heavy atom. The van der Waals surface area contributed by atoms with Crippen LogP contribution in [-0.4, -0.2) is 38.7 Å². The number of aryl methyl sites for hydroxylation is 1. The van der Waals surface area contributed by atoms with Crippen molar-refractivity contribution < 1.29 is 22.9 Å². The van der Waals surface area contributed by atoms with Gasteiger partial charge in [0.2, 0.25) is 10.0 Å². The van der Waals surface area contributed by atoms with Gasteiger partial charge in [-0.2, -0.15) is 0 Å². The molecule has 0 aliphatic heterocycles. The molecule has 0 saturated heterocycles. The number of hydrogen-bond donors (Lipinski definition) is 1. The van der Waals surface area contributed by atoms with Gasteiger partial charge in [-0.25, -0.2) is 8.42 Å². The van der Waals surface area contributed by atoms with E-state index in [1.165, 1.54) is 16.4 Å². The van der Waals surface area contributed by atoms with Crippen LogP contribution in [0.25, 0.3) is 0 Å². The van der Waals surface area contributed by atoms with Crippen LogP contribution in [0, 0.1) is 17.0 Å². The number of hydrogen-bond acceptors (Lipinski definition) is 6. The van der Waals surface area contributed by atoms with Crippen LogP contribution < -0.4 is 14.4 Å².